The van der Waals surface area contributed by atoms with Gasteiger partial charge in [0.15, 0.2) is 0 Å². The number of rotatable bonds is 8. The number of ether oxygens (including phenoxy) is 2. The topological polar surface area (TPSA) is 81.7 Å². The standard InChI is InChI=1S/C18H15F2NO5S/c1-2-10-21-27(23,24)15-8-5-7-13(11-15)17(22)25-12-14-6-3-4-9-16(14)26-18(19)20/h1,3-9,11,18,21H,10,12H2. The van der Waals surface area contributed by atoms with Gasteiger partial charge in [-0.1, -0.05) is 30.2 Å². The number of esters is 1. The Morgan fingerprint density at radius 2 is 1.93 bits per heavy atom. The van der Waals surface area contributed by atoms with Crippen molar-refractivity contribution >= 4 is 16.0 Å². The molecule has 0 unspecified atom stereocenters. The first-order valence-electron chi connectivity index (χ1n) is 7.56. The molecule has 0 atom stereocenters. The summed E-state index contributed by atoms with van der Waals surface area (Å²) in [5.74, 6) is 1.20. The lowest BCUT2D eigenvalue weighted by molar-refractivity contribution is -0.0510. The van der Waals surface area contributed by atoms with E-state index in [1.54, 1.807) is 6.07 Å². The Balaban J connectivity index is 2.12. The fraction of sp³-hybridized carbons (Fsp3) is 0.167. The van der Waals surface area contributed by atoms with Crippen molar-refractivity contribution in [3.8, 4) is 18.1 Å². The van der Waals surface area contributed by atoms with Crippen LogP contribution in [0.25, 0.3) is 0 Å². The molecule has 0 fully saturated rings. The van der Waals surface area contributed by atoms with Crippen molar-refractivity contribution in [2.45, 2.75) is 18.1 Å². The lowest BCUT2D eigenvalue weighted by Crippen LogP contribution is -2.24. The van der Waals surface area contributed by atoms with Gasteiger partial charge in [0.1, 0.15) is 12.4 Å². The number of terminal acetylenes is 1. The number of hydrogen-bond donors (Lipinski definition) is 1. The van der Waals surface area contributed by atoms with Crippen LogP contribution in [0.3, 0.4) is 0 Å². The summed E-state index contributed by atoms with van der Waals surface area (Å²) in [5, 5.41) is 0. The molecule has 0 amide bonds. The van der Waals surface area contributed by atoms with Crippen LogP contribution in [0.2, 0.25) is 0 Å². The molecule has 2 aromatic rings. The Kier molecular flexibility index (Phi) is 6.87. The van der Waals surface area contributed by atoms with E-state index in [-0.39, 0.29) is 34.9 Å². The zero-order chi connectivity index (χ0) is 19.9. The van der Waals surface area contributed by atoms with Crippen LogP contribution in [-0.2, 0) is 21.4 Å². The monoisotopic (exact) mass is 395 g/mol. The largest absolute Gasteiger partial charge is 0.457 e. The van der Waals surface area contributed by atoms with Crippen LogP contribution in [-0.4, -0.2) is 27.5 Å². The van der Waals surface area contributed by atoms with Crippen molar-refractivity contribution in [2.75, 3.05) is 6.54 Å². The Labute approximate surface area is 155 Å². The molecular weight excluding hydrogens is 380 g/mol. The molecule has 0 aliphatic heterocycles. The molecule has 0 aromatic heterocycles. The van der Waals surface area contributed by atoms with Gasteiger partial charge in [-0.2, -0.15) is 13.5 Å². The Hall–Kier alpha value is -2.96. The third-order valence-electron chi connectivity index (χ3n) is 3.29. The molecule has 0 aliphatic rings. The van der Waals surface area contributed by atoms with Crippen molar-refractivity contribution in [1.82, 2.24) is 4.72 Å². The van der Waals surface area contributed by atoms with Gasteiger partial charge in [-0.3, -0.25) is 0 Å². The summed E-state index contributed by atoms with van der Waals surface area (Å²) in [5.41, 5.74) is 0.219. The average Bonchev–Trinajstić information content (AvgIpc) is 2.65. The molecule has 0 saturated carbocycles. The second kappa shape index (κ2) is 9.12. The highest BCUT2D eigenvalue weighted by molar-refractivity contribution is 7.89. The Morgan fingerprint density at radius 3 is 2.63 bits per heavy atom. The van der Waals surface area contributed by atoms with Gasteiger partial charge in [0, 0.05) is 5.56 Å². The lowest BCUT2D eigenvalue weighted by atomic mass is 10.2. The molecule has 2 rings (SSSR count). The van der Waals surface area contributed by atoms with Gasteiger partial charge in [0.25, 0.3) is 0 Å². The number of carbonyl (C=O) groups excluding carboxylic acids is 1. The first-order valence-corrected chi connectivity index (χ1v) is 9.05. The fourth-order valence-corrected chi connectivity index (χ4v) is 3.05. The van der Waals surface area contributed by atoms with E-state index in [2.05, 4.69) is 15.4 Å². The quantitative estimate of drug-likeness (QED) is 0.549. The molecule has 0 bridgehead atoms. The molecule has 6 nitrogen and oxygen atoms in total. The van der Waals surface area contributed by atoms with Crippen molar-refractivity contribution in [2.24, 2.45) is 0 Å². The molecular formula is C18H15F2NO5S. The number of nitrogens with one attached hydrogen (secondary N) is 1. The zero-order valence-electron chi connectivity index (χ0n) is 13.9. The van der Waals surface area contributed by atoms with Gasteiger partial charge in [0.2, 0.25) is 10.0 Å². The van der Waals surface area contributed by atoms with Crippen molar-refractivity contribution in [1.29, 1.82) is 0 Å². The van der Waals surface area contributed by atoms with Crippen LogP contribution in [0.15, 0.2) is 53.4 Å². The SMILES string of the molecule is C#CCNS(=O)(=O)c1cccc(C(=O)OCc2ccccc2OC(F)F)c1. The van der Waals surface area contributed by atoms with E-state index in [1.807, 2.05) is 0 Å². The smallest absolute Gasteiger partial charge is 0.387 e. The van der Waals surface area contributed by atoms with Gasteiger partial charge in [0.05, 0.1) is 17.0 Å². The van der Waals surface area contributed by atoms with Gasteiger partial charge in [-0.15, -0.1) is 6.42 Å². The van der Waals surface area contributed by atoms with Crippen molar-refractivity contribution in [3.63, 3.8) is 0 Å². The highest BCUT2D eigenvalue weighted by Crippen LogP contribution is 2.21. The number of alkyl halides is 2. The second-order valence-electron chi connectivity index (χ2n) is 5.12. The van der Waals surface area contributed by atoms with Crippen LogP contribution < -0.4 is 9.46 Å². The molecule has 0 heterocycles. The number of benzene rings is 2. The second-order valence-corrected chi connectivity index (χ2v) is 6.89. The molecule has 142 valence electrons. The maximum atomic E-state index is 12.4. The summed E-state index contributed by atoms with van der Waals surface area (Å²) in [7, 11) is -3.87. The number of hydrogen-bond acceptors (Lipinski definition) is 5. The minimum atomic E-state index is -3.87. The first kappa shape index (κ1) is 20.4. The van der Waals surface area contributed by atoms with Crippen molar-refractivity contribution < 1.29 is 31.5 Å². The summed E-state index contributed by atoms with van der Waals surface area (Å²) in [6, 6.07) is 11.0. The van der Waals surface area contributed by atoms with E-state index in [0.29, 0.717) is 0 Å². The molecule has 0 aliphatic carbocycles. The minimum absolute atomic E-state index is 0.0224. The number of carbonyl (C=O) groups is 1. The highest BCUT2D eigenvalue weighted by Gasteiger charge is 2.17. The summed E-state index contributed by atoms with van der Waals surface area (Å²) in [6.07, 6.45) is 5.02. The summed E-state index contributed by atoms with van der Waals surface area (Å²) < 4.78 is 60.5. The molecule has 0 spiro atoms. The van der Waals surface area contributed by atoms with E-state index >= 15 is 0 Å². The van der Waals surface area contributed by atoms with E-state index < -0.39 is 22.6 Å². The number of para-hydroxylation sites is 1. The third kappa shape index (κ3) is 5.77. The predicted molar refractivity (Wildman–Crippen MR) is 92.7 cm³/mol. The van der Waals surface area contributed by atoms with Gasteiger partial charge < -0.3 is 9.47 Å². The van der Waals surface area contributed by atoms with E-state index in [4.69, 9.17) is 11.2 Å². The van der Waals surface area contributed by atoms with Crippen LogP contribution >= 0.6 is 0 Å². The summed E-state index contributed by atoms with van der Waals surface area (Å²) >= 11 is 0. The van der Waals surface area contributed by atoms with E-state index in [9.17, 15) is 22.0 Å². The average molecular weight is 395 g/mol. The zero-order valence-corrected chi connectivity index (χ0v) is 14.7. The molecule has 9 heteroatoms. The van der Waals surface area contributed by atoms with Crippen LogP contribution in [0.1, 0.15) is 15.9 Å². The Morgan fingerprint density at radius 1 is 1.19 bits per heavy atom. The van der Waals surface area contributed by atoms with Gasteiger partial charge in [-0.05, 0) is 24.3 Å². The van der Waals surface area contributed by atoms with Crippen LogP contribution in [0.4, 0.5) is 8.78 Å². The van der Waals surface area contributed by atoms with Crippen molar-refractivity contribution in [3.05, 3.63) is 59.7 Å². The third-order valence-corrected chi connectivity index (χ3v) is 4.69. The summed E-state index contributed by atoms with van der Waals surface area (Å²) in [4.78, 5) is 12.0. The van der Waals surface area contributed by atoms with Gasteiger partial charge >= 0.3 is 12.6 Å². The normalized spacial score (nSPS) is 11.0. The molecule has 0 saturated heterocycles. The molecule has 1 N–H and O–H groups in total. The van der Waals surface area contributed by atoms with E-state index in [1.165, 1.54) is 36.4 Å². The summed E-state index contributed by atoms with van der Waals surface area (Å²) in [6.45, 7) is -3.54. The number of halogens is 2. The molecule has 0 radical (unpaired) electrons. The molecule has 2 aromatic carbocycles. The predicted octanol–water partition coefficient (Wildman–Crippen LogP) is 2.56. The number of sulfonamides is 1. The highest BCUT2D eigenvalue weighted by atomic mass is 32.2. The fourth-order valence-electron chi connectivity index (χ4n) is 2.07. The van der Waals surface area contributed by atoms with E-state index in [0.717, 1.165) is 6.07 Å². The first-order chi connectivity index (χ1) is 12.8. The van der Waals surface area contributed by atoms with Gasteiger partial charge in [-0.25, -0.2) is 13.2 Å². The van der Waals surface area contributed by atoms with Crippen LogP contribution in [0, 0.1) is 12.3 Å². The minimum Gasteiger partial charge on any atom is -0.457 e. The Bertz CT molecular complexity index is 954. The lowest BCUT2D eigenvalue weighted by Gasteiger charge is -2.11. The maximum Gasteiger partial charge on any atom is 0.387 e. The maximum absolute atomic E-state index is 12.4. The van der Waals surface area contributed by atoms with Crippen LogP contribution in [0.5, 0.6) is 5.75 Å². The molecule has 27 heavy (non-hydrogen) atoms.